The van der Waals surface area contributed by atoms with Crippen molar-refractivity contribution in [3.63, 3.8) is 0 Å². The van der Waals surface area contributed by atoms with Gasteiger partial charge in [-0.2, -0.15) is 0 Å². The predicted molar refractivity (Wildman–Crippen MR) is 74.1 cm³/mol. The molecule has 1 aliphatic heterocycles. The van der Waals surface area contributed by atoms with Crippen LogP contribution in [0.1, 0.15) is 20.3 Å². The molecule has 2 N–H and O–H groups in total. The zero-order valence-corrected chi connectivity index (χ0v) is 12.6. The van der Waals surface area contributed by atoms with E-state index in [-0.39, 0.29) is 42.5 Å². The molecule has 0 saturated carbocycles. The van der Waals surface area contributed by atoms with Crippen LogP contribution in [-0.2, 0) is 19.4 Å². The summed E-state index contributed by atoms with van der Waals surface area (Å²) in [6, 6.07) is -0.349. The van der Waals surface area contributed by atoms with E-state index in [2.05, 4.69) is 5.32 Å². The lowest BCUT2D eigenvalue weighted by Crippen LogP contribution is -2.45. The Balaban J connectivity index is 2.47. The molecule has 0 aromatic heterocycles. The normalized spacial score (nSPS) is 21.3. The van der Waals surface area contributed by atoms with Gasteiger partial charge in [-0.3, -0.25) is 14.5 Å². The number of carbonyl (C=O) groups excluding carboxylic acids is 1. The summed E-state index contributed by atoms with van der Waals surface area (Å²) in [5, 5.41) is 11.5. The van der Waals surface area contributed by atoms with Crippen molar-refractivity contribution in [3.05, 3.63) is 0 Å². The molecule has 1 atom stereocenters. The van der Waals surface area contributed by atoms with Crippen molar-refractivity contribution in [1.82, 2.24) is 10.2 Å². The molecule has 1 aliphatic rings. The Kier molecular flexibility index (Phi) is 5.94. The lowest BCUT2D eigenvalue weighted by Gasteiger charge is -2.22. The topological polar surface area (TPSA) is 104 Å². The number of nitrogens with zero attached hydrogens (tertiary/aromatic N) is 1. The van der Waals surface area contributed by atoms with Crippen molar-refractivity contribution in [2.45, 2.75) is 26.3 Å². The first-order valence-corrected chi connectivity index (χ1v) is 8.44. The van der Waals surface area contributed by atoms with E-state index in [1.165, 1.54) is 0 Å². The number of aliphatic carboxylic acids is 1. The highest BCUT2D eigenvalue weighted by Gasteiger charge is 2.29. The van der Waals surface area contributed by atoms with E-state index in [4.69, 9.17) is 5.11 Å². The average molecular weight is 306 g/mol. The largest absolute Gasteiger partial charge is 0.480 e. The zero-order valence-electron chi connectivity index (χ0n) is 11.8. The number of carboxylic acid groups (broad SMARTS) is 1. The molecule has 1 fully saturated rings. The maximum Gasteiger partial charge on any atom is 0.317 e. The van der Waals surface area contributed by atoms with Gasteiger partial charge in [-0.15, -0.1) is 0 Å². The van der Waals surface area contributed by atoms with Crippen LogP contribution in [0.2, 0.25) is 0 Å². The van der Waals surface area contributed by atoms with Crippen LogP contribution in [0.3, 0.4) is 0 Å². The lowest BCUT2D eigenvalue weighted by molar-refractivity contribution is -0.138. The summed E-state index contributed by atoms with van der Waals surface area (Å²) in [6.45, 7) is 4.16. The number of carboxylic acids is 1. The minimum Gasteiger partial charge on any atom is -0.480 e. The molecule has 0 aliphatic carbocycles. The van der Waals surface area contributed by atoms with E-state index in [0.29, 0.717) is 13.0 Å². The van der Waals surface area contributed by atoms with Gasteiger partial charge >= 0.3 is 5.97 Å². The quantitative estimate of drug-likeness (QED) is 0.646. The van der Waals surface area contributed by atoms with Crippen molar-refractivity contribution in [1.29, 1.82) is 0 Å². The Labute approximate surface area is 119 Å². The smallest absolute Gasteiger partial charge is 0.317 e. The second-order valence-corrected chi connectivity index (χ2v) is 7.85. The Hall–Kier alpha value is -1.15. The van der Waals surface area contributed by atoms with Crippen molar-refractivity contribution in [3.8, 4) is 0 Å². The molecule has 8 heteroatoms. The maximum atomic E-state index is 11.8. The number of amides is 1. The minimum absolute atomic E-state index is 0.0259. The summed E-state index contributed by atoms with van der Waals surface area (Å²) in [7, 11) is -3.03. The first-order valence-electron chi connectivity index (χ1n) is 6.62. The molecule has 1 unspecified atom stereocenters. The number of hydrogen-bond acceptors (Lipinski definition) is 5. The maximum absolute atomic E-state index is 11.8. The number of rotatable bonds is 7. The molecular formula is C12H22N2O5S. The third-order valence-corrected chi connectivity index (χ3v) is 4.71. The lowest BCUT2D eigenvalue weighted by atomic mass is 10.2. The van der Waals surface area contributed by atoms with Crippen LogP contribution in [0.25, 0.3) is 0 Å². The third-order valence-electron chi connectivity index (χ3n) is 2.95. The van der Waals surface area contributed by atoms with Crippen LogP contribution in [-0.4, -0.2) is 67.5 Å². The molecule has 0 aromatic carbocycles. The van der Waals surface area contributed by atoms with E-state index in [1.54, 1.807) is 4.90 Å². The van der Waals surface area contributed by atoms with Gasteiger partial charge in [0, 0.05) is 12.6 Å². The van der Waals surface area contributed by atoms with Gasteiger partial charge in [0.2, 0.25) is 5.91 Å². The molecule has 1 heterocycles. The Bertz CT molecular complexity index is 460. The van der Waals surface area contributed by atoms with E-state index < -0.39 is 15.8 Å². The van der Waals surface area contributed by atoms with Gasteiger partial charge in [-0.05, 0) is 12.3 Å². The molecule has 7 nitrogen and oxygen atoms in total. The number of nitrogens with one attached hydrogen (secondary N) is 1. The number of carbonyl (C=O) groups is 2. The summed E-state index contributed by atoms with van der Waals surface area (Å²) in [4.78, 5) is 24.1. The fourth-order valence-corrected chi connectivity index (χ4v) is 3.95. The molecule has 1 amide bonds. The van der Waals surface area contributed by atoms with Gasteiger partial charge in [0.25, 0.3) is 0 Å². The molecule has 20 heavy (non-hydrogen) atoms. The second-order valence-electron chi connectivity index (χ2n) is 5.62. The van der Waals surface area contributed by atoms with Crippen molar-refractivity contribution in [2.75, 3.05) is 31.1 Å². The molecule has 116 valence electrons. The zero-order chi connectivity index (χ0) is 15.3. The van der Waals surface area contributed by atoms with Crippen molar-refractivity contribution < 1.29 is 23.1 Å². The molecule has 0 spiro atoms. The van der Waals surface area contributed by atoms with Gasteiger partial charge in [-0.25, -0.2) is 8.42 Å². The van der Waals surface area contributed by atoms with Crippen LogP contribution >= 0.6 is 0 Å². The molecule has 1 rings (SSSR count). The van der Waals surface area contributed by atoms with E-state index in [0.717, 1.165) is 0 Å². The van der Waals surface area contributed by atoms with Gasteiger partial charge in [0.15, 0.2) is 9.84 Å². The monoisotopic (exact) mass is 306 g/mol. The summed E-state index contributed by atoms with van der Waals surface area (Å²) < 4.78 is 22.6. The first kappa shape index (κ1) is 16.9. The molecule has 1 saturated heterocycles. The van der Waals surface area contributed by atoms with Crippen LogP contribution in [0.4, 0.5) is 0 Å². The van der Waals surface area contributed by atoms with E-state index >= 15 is 0 Å². The highest BCUT2D eigenvalue weighted by Crippen LogP contribution is 2.11. The summed E-state index contributed by atoms with van der Waals surface area (Å²) in [5.74, 6) is -0.991. The van der Waals surface area contributed by atoms with Gasteiger partial charge in [0.1, 0.15) is 0 Å². The van der Waals surface area contributed by atoms with Crippen LogP contribution in [0.15, 0.2) is 0 Å². The van der Waals surface area contributed by atoms with Crippen LogP contribution in [0, 0.1) is 5.92 Å². The van der Waals surface area contributed by atoms with Gasteiger partial charge < -0.3 is 10.4 Å². The molecular weight excluding hydrogens is 284 g/mol. The molecule has 0 bridgehead atoms. The SMILES string of the molecule is CC(C)CN(CC(=O)O)CC(=O)NC1CCS(=O)(=O)C1. The first-order chi connectivity index (χ1) is 9.18. The fourth-order valence-electron chi connectivity index (χ4n) is 2.28. The van der Waals surface area contributed by atoms with E-state index in [9.17, 15) is 18.0 Å². The summed E-state index contributed by atoms with van der Waals surface area (Å²) in [5.41, 5.74) is 0. The second kappa shape index (κ2) is 7.03. The highest BCUT2D eigenvalue weighted by atomic mass is 32.2. The van der Waals surface area contributed by atoms with Gasteiger partial charge in [-0.1, -0.05) is 13.8 Å². The Morgan fingerprint density at radius 2 is 2.00 bits per heavy atom. The Morgan fingerprint density at radius 3 is 2.45 bits per heavy atom. The average Bonchev–Trinajstić information content (AvgIpc) is 2.55. The predicted octanol–water partition coefficient (Wildman–Crippen LogP) is -0.668. The molecule has 0 radical (unpaired) electrons. The fraction of sp³-hybridized carbons (Fsp3) is 0.833. The van der Waals surface area contributed by atoms with Gasteiger partial charge in [0.05, 0.1) is 24.6 Å². The van der Waals surface area contributed by atoms with Crippen LogP contribution in [0.5, 0.6) is 0 Å². The van der Waals surface area contributed by atoms with Crippen LogP contribution < -0.4 is 5.32 Å². The number of hydrogen-bond donors (Lipinski definition) is 2. The van der Waals surface area contributed by atoms with Crippen molar-refractivity contribution >= 4 is 21.7 Å². The third kappa shape index (κ3) is 6.33. The summed E-state index contributed by atoms with van der Waals surface area (Å²) in [6.07, 6.45) is 0.428. The summed E-state index contributed by atoms with van der Waals surface area (Å²) >= 11 is 0. The van der Waals surface area contributed by atoms with E-state index in [1.807, 2.05) is 13.8 Å². The minimum atomic E-state index is -3.03. The Morgan fingerprint density at radius 1 is 1.35 bits per heavy atom. The number of sulfone groups is 1. The molecule has 0 aromatic rings. The van der Waals surface area contributed by atoms with Crippen molar-refractivity contribution in [2.24, 2.45) is 5.92 Å². The highest BCUT2D eigenvalue weighted by molar-refractivity contribution is 7.91. The standard InChI is InChI=1S/C12H22N2O5S/c1-9(2)5-14(7-12(16)17)6-11(15)13-10-3-4-20(18,19)8-10/h9-10H,3-8H2,1-2H3,(H,13,15)(H,16,17).